The maximum atomic E-state index is 11.5. The Morgan fingerprint density at radius 1 is 1.28 bits per heavy atom. The summed E-state index contributed by atoms with van der Waals surface area (Å²) in [5.74, 6) is 0.745. The van der Waals surface area contributed by atoms with Crippen LogP contribution in [0.25, 0.3) is 0 Å². The van der Waals surface area contributed by atoms with Crippen molar-refractivity contribution < 1.29 is 19.4 Å². The number of carbonyl (C=O) groups excluding carboxylic acids is 1. The summed E-state index contributed by atoms with van der Waals surface area (Å²) in [6.45, 7) is 5.20. The van der Waals surface area contributed by atoms with Crippen molar-refractivity contribution in [3.05, 3.63) is 17.2 Å². The molecule has 100 valence electrons. The van der Waals surface area contributed by atoms with E-state index in [1.54, 1.807) is 13.2 Å². The molecule has 0 saturated heterocycles. The number of aliphatic hydroxyl groups excluding tert-OH is 1. The van der Waals surface area contributed by atoms with Crippen LogP contribution in [0, 0.1) is 13.8 Å². The van der Waals surface area contributed by atoms with Crippen LogP contribution >= 0.6 is 0 Å². The van der Waals surface area contributed by atoms with E-state index >= 15 is 0 Å². The van der Waals surface area contributed by atoms with Crippen LogP contribution in [0.2, 0.25) is 0 Å². The van der Waals surface area contributed by atoms with Gasteiger partial charge in [-0.3, -0.25) is 4.79 Å². The summed E-state index contributed by atoms with van der Waals surface area (Å²) >= 11 is 0. The highest BCUT2D eigenvalue weighted by atomic mass is 16.5. The van der Waals surface area contributed by atoms with Gasteiger partial charge in [0.25, 0.3) is 5.91 Å². The van der Waals surface area contributed by atoms with E-state index in [4.69, 9.17) is 9.47 Å². The number of aliphatic hydroxyl groups is 1. The zero-order valence-electron chi connectivity index (χ0n) is 11.3. The number of benzene rings is 1. The third-order valence-electron chi connectivity index (χ3n) is 2.85. The highest BCUT2D eigenvalue weighted by molar-refractivity contribution is 5.95. The molecule has 0 spiro atoms. The molecular formula is C13H19NO4. The molecule has 1 atom stereocenters. The normalized spacial score (nSPS) is 11.9. The SMILES string of the molecule is COc1cc(NC(=O)C(C)O)c(OC)c(C)c1C. The van der Waals surface area contributed by atoms with Gasteiger partial charge in [-0.2, -0.15) is 0 Å². The van der Waals surface area contributed by atoms with Crippen LogP contribution in [0.1, 0.15) is 18.1 Å². The minimum atomic E-state index is -1.08. The van der Waals surface area contributed by atoms with Crippen molar-refractivity contribution in [2.24, 2.45) is 0 Å². The lowest BCUT2D eigenvalue weighted by atomic mass is 10.1. The van der Waals surface area contributed by atoms with Crippen LogP contribution in [0.4, 0.5) is 5.69 Å². The lowest BCUT2D eigenvalue weighted by molar-refractivity contribution is -0.123. The number of ether oxygens (including phenoxy) is 2. The Kier molecular flexibility index (Phi) is 4.55. The molecule has 18 heavy (non-hydrogen) atoms. The first-order valence-corrected chi connectivity index (χ1v) is 5.63. The molecular weight excluding hydrogens is 234 g/mol. The number of amides is 1. The maximum absolute atomic E-state index is 11.5. The quantitative estimate of drug-likeness (QED) is 0.856. The molecule has 1 unspecified atom stereocenters. The summed E-state index contributed by atoms with van der Waals surface area (Å²) in [6, 6.07) is 1.68. The number of carbonyl (C=O) groups is 1. The number of anilines is 1. The van der Waals surface area contributed by atoms with Gasteiger partial charge >= 0.3 is 0 Å². The molecule has 0 aliphatic carbocycles. The number of methoxy groups -OCH3 is 2. The number of rotatable bonds is 4. The topological polar surface area (TPSA) is 67.8 Å². The first-order valence-electron chi connectivity index (χ1n) is 5.63. The minimum Gasteiger partial charge on any atom is -0.496 e. The van der Waals surface area contributed by atoms with Crippen molar-refractivity contribution in [3.8, 4) is 11.5 Å². The summed E-state index contributed by atoms with van der Waals surface area (Å²) in [6.07, 6.45) is -1.08. The van der Waals surface area contributed by atoms with Crippen LogP contribution in [0.3, 0.4) is 0 Å². The molecule has 5 heteroatoms. The van der Waals surface area contributed by atoms with Crippen molar-refractivity contribution in [2.45, 2.75) is 26.9 Å². The van der Waals surface area contributed by atoms with Gasteiger partial charge in [0.1, 0.15) is 17.6 Å². The van der Waals surface area contributed by atoms with Crippen molar-refractivity contribution >= 4 is 11.6 Å². The van der Waals surface area contributed by atoms with Crippen molar-refractivity contribution in [1.29, 1.82) is 0 Å². The minimum absolute atomic E-state index is 0.487. The van der Waals surface area contributed by atoms with Crippen LogP contribution in [-0.4, -0.2) is 31.3 Å². The van der Waals surface area contributed by atoms with Crippen LogP contribution in [0.15, 0.2) is 6.07 Å². The molecule has 0 bridgehead atoms. The van der Waals surface area contributed by atoms with E-state index in [1.165, 1.54) is 14.0 Å². The third-order valence-corrected chi connectivity index (χ3v) is 2.85. The Labute approximate surface area is 107 Å². The van der Waals surface area contributed by atoms with E-state index in [2.05, 4.69) is 5.32 Å². The first-order chi connectivity index (χ1) is 8.42. The predicted molar refractivity (Wildman–Crippen MR) is 69.3 cm³/mol. The molecule has 0 heterocycles. The molecule has 2 N–H and O–H groups in total. The largest absolute Gasteiger partial charge is 0.496 e. The molecule has 0 radical (unpaired) electrons. The third kappa shape index (κ3) is 2.73. The average molecular weight is 253 g/mol. The van der Waals surface area contributed by atoms with Gasteiger partial charge in [0, 0.05) is 6.07 Å². The zero-order valence-corrected chi connectivity index (χ0v) is 11.3. The molecule has 1 rings (SSSR count). The van der Waals surface area contributed by atoms with E-state index in [1.807, 2.05) is 13.8 Å². The Morgan fingerprint density at radius 2 is 1.89 bits per heavy atom. The van der Waals surface area contributed by atoms with E-state index < -0.39 is 12.0 Å². The van der Waals surface area contributed by atoms with Gasteiger partial charge in [-0.1, -0.05) is 0 Å². The molecule has 0 aliphatic heterocycles. The monoisotopic (exact) mass is 253 g/mol. The molecule has 0 aromatic heterocycles. The Morgan fingerprint density at radius 3 is 2.33 bits per heavy atom. The second-order valence-corrected chi connectivity index (χ2v) is 4.07. The first kappa shape index (κ1) is 14.3. The van der Waals surface area contributed by atoms with E-state index in [0.717, 1.165) is 11.1 Å². The van der Waals surface area contributed by atoms with E-state index in [0.29, 0.717) is 17.2 Å². The highest BCUT2D eigenvalue weighted by Crippen LogP contribution is 2.36. The fourth-order valence-corrected chi connectivity index (χ4v) is 1.67. The Balaban J connectivity index is 3.25. The van der Waals surface area contributed by atoms with Crippen LogP contribution in [0.5, 0.6) is 11.5 Å². The van der Waals surface area contributed by atoms with Gasteiger partial charge < -0.3 is 19.9 Å². The summed E-state index contributed by atoms with van der Waals surface area (Å²) in [5, 5.41) is 11.8. The second-order valence-electron chi connectivity index (χ2n) is 4.07. The predicted octanol–water partition coefficient (Wildman–Crippen LogP) is 1.64. The summed E-state index contributed by atoms with van der Waals surface area (Å²) in [5.41, 5.74) is 2.32. The Bertz CT molecular complexity index is 455. The lowest BCUT2D eigenvalue weighted by Crippen LogP contribution is -2.24. The fourth-order valence-electron chi connectivity index (χ4n) is 1.67. The number of hydrogen-bond acceptors (Lipinski definition) is 4. The van der Waals surface area contributed by atoms with Crippen LogP contribution < -0.4 is 14.8 Å². The van der Waals surface area contributed by atoms with Gasteiger partial charge in [0.2, 0.25) is 0 Å². The van der Waals surface area contributed by atoms with Gasteiger partial charge in [-0.05, 0) is 31.9 Å². The summed E-state index contributed by atoms with van der Waals surface area (Å²) in [7, 11) is 3.10. The molecule has 1 amide bonds. The van der Waals surface area contributed by atoms with Gasteiger partial charge in [-0.25, -0.2) is 0 Å². The van der Waals surface area contributed by atoms with E-state index in [-0.39, 0.29) is 0 Å². The van der Waals surface area contributed by atoms with Crippen molar-refractivity contribution in [1.82, 2.24) is 0 Å². The summed E-state index contributed by atoms with van der Waals surface area (Å²) in [4.78, 5) is 11.5. The van der Waals surface area contributed by atoms with Gasteiger partial charge in [-0.15, -0.1) is 0 Å². The van der Waals surface area contributed by atoms with Crippen molar-refractivity contribution in [2.75, 3.05) is 19.5 Å². The highest BCUT2D eigenvalue weighted by Gasteiger charge is 2.17. The zero-order chi connectivity index (χ0) is 13.9. The average Bonchev–Trinajstić information content (AvgIpc) is 2.33. The molecule has 0 fully saturated rings. The molecule has 0 aliphatic rings. The van der Waals surface area contributed by atoms with E-state index in [9.17, 15) is 9.90 Å². The summed E-state index contributed by atoms with van der Waals surface area (Å²) < 4.78 is 10.5. The molecule has 1 aromatic carbocycles. The lowest BCUT2D eigenvalue weighted by Gasteiger charge is -2.17. The molecule has 5 nitrogen and oxygen atoms in total. The Hall–Kier alpha value is -1.75. The van der Waals surface area contributed by atoms with Gasteiger partial charge in [0.15, 0.2) is 0 Å². The smallest absolute Gasteiger partial charge is 0.253 e. The number of hydrogen-bond donors (Lipinski definition) is 2. The van der Waals surface area contributed by atoms with Gasteiger partial charge in [0.05, 0.1) is 19.9 Å². The van der Waals surface area contributed by atoms with Crippen molar-refractivity contribution in [3.63, 3.8) is 0 Å². The standard InChI is InChI=1S/C13H19NO4/c1-7-8(2)12(18-5)10(6-11(7)17-4)14-13(16)9(3)15/h6,9,15H,1-5H3,(H,14,16). The molecule has 0 saturated carbocycles. The second kappa shape index (κ2) is 5.73. The fraction of sp³-hybridized carbons (Fsp3) is 0.462. The number of nitrogens with one attached hydrogen (secondary N) is 1. The maximum Gasteiger partial charge on any atom is 0.253 e. The van der Waals surface area contributed by atoms with Crippen LogP contribution in [-0.2, 0) is 4.79 Å². The molecule has 1 aromatic rings.